The summed E-state index contributed by atoms with van der Waals surface area (Å²) in [7, 11) is 2.89. The first-order valence-corrected chi connectivity index (χ1v) is 5.84. The van der Waals surface area contributed by atoms with Crippen LogP contribution in [0.2, 0.25) is 0 Å². The average molecular weight is 268 g/mol. The monoisotopic (exact) mass is 268 g/mol. The van der Waals surface area contributed by atoms with E-state index in [9.17, 15) is 9.59 Å². The van der Waals surface area contributed by atoms with Gasteiger partial charge in [0.25, 0.3) is 0 Å². The largest absolute Gasteiger partial charge is 0.493 e. The number of carbonyl (C=O) groups excluding carboxylic acids is 2. The van der Waals surface area contributed by atoms with E-state index in [1.807, 2.05) is 0 Å². The van der Waals surface area contributed by atoms with Crippen LogP contribution in [0.3, 0.4) is 0 Å². The highest BCUT2D eigenvalue weighted by Gasteiger charge is 2.15. The Morgan fingerprint density at radius 2 is 1.84 bits per heavy atom. The van der Waals surface area contributed by atoms with Crippen LogP contribution in [0.4, 0.5) is 0 Å². The van der Waals surface area contributed by atoms with Crippen molar-refractivity contribution in [2.75, 3.05) is 20.8 Å². The van der Waals surface area contributed by atoms with E-state index in [1.165, 1.54) is 20.3 Å². The van der Waals surface area contributed by atoms with Gasteiger partial charge >= 0.3 is 5.97 Å². The first-order valence-electron chi connectivity index (χ1n) is 5.84. The predicted octanol–water partition coefficient (Wildman–Crippen LogP) is 2.15. The molecule has 0 N–H and O–H groups in total. The normalized spacial score (nSPS) is 11.8. The Bertz CT molecular complexity index is 404. The van der Waals surface area contributed by atoms with Gasteiger partial charge in [-0.05, 0) is 19.9 Å². The molecule has 0 aromatic heterocycles. The van der Waals surface area contributed by atoms with Gasteiger partial charge in [-0.15, -0.1) is 0 Å². The van der Waals surface area contributed by atoms with Crippen molar-refractivity contribution in [1.29, 1.82) is 0 Å². The lowest BCUT2D eigenvalue weighted by atomic mass is 10.1. The molecule has 0 spiro atoms. The fraction of sp³-hybridized carbons (Fsp3) is 0.429. The Morgan fingerprint density at radius 3 is 2.26 bits per heavy atom. The molecule has 0 heterocycles. The highest BCUT2D eigenvalue weighted by Crippen LogP contribution is 2.14. The minimum atomic E-state index is -0.551. The fourth-order valence-corrected chi connectivity index (χ4v) is 1.27. The third-order valence-electron chi connectivity index (χ3n) is 2.27. The van der Waals surface area contributed by atoms with Crippen LogP contribution in [0.5, 0.6) is 0 Å². The van der Waals surface area contributed by atoms with Crippen molar-refractivity contribution < 1.29 is 23.8 Å². The predicted molar refractivity (Wildman–Crippen MR) is 71.3 cm³/mol. The number of allylic oxidation sites excluding steroid dienone is 3. The van der Waals surface area contributed by atoms with Crippen molar-refractivity contribution >= 4 is 11.8 Å². The molecule has 0 radical (unpaired) electrons. The Labute approximate surface area is 113 Å². The van der Waals surface area contributed by atoms with Gasteiger partial charge in [-0.25, -0.2) is 0 Å². The van der Waals surface area contributed by atoms with Crippen molar-refractivity contribution in [2.24, 2.45) is 0 Å². The van der Waals surface area contributed by atoms with Crippen molar-refractivity contribution in [2.45, 2.75) is 20.3 Å². The van der Waals surface area contributed by atoms with E-state index < -0.39 is 5.97 Å². The maximum absolute atomic E-state index is 11.9. The van der Waals surface area contributed by atoms with Gasteiger partial charge in [0.2, 0.25) is 0 Å². The maximum Gasteiger partial charge on any atom is 0.313 e. The van der Waals surface area contributed by atoms with Crippen molar-refractivity contribution in [1.82, 2.24) is 0 Å². The number of methoxy groups -OCH3 is 2. The molecule has 0 aliphatic rings. The lowest BCUT2D eigenvalue weighted by molar-refractivity contribution is -0.144. The smallest absolute Gasteiger partial charge is 0.313 e. The van der Waals surface area contributed by atoms with Crippen LogP contribution in [0, 0.1) is 0 Å². The van der Waals surface area contributed by atoms with Crippen molar-refractivity contribution in [3.63, 3.8) is 0 Å². The lowest BCUT2D eigenvalue weighted by Gasteiger charge is -2.09. The number of hydrogen-bond donors (Lipinski definition) is 0. The van der Waals surface area contributed by atoms with Gasteiger partial charge in [0.1, 0.15) is 6.42 Å². The van der Waals surface area contributed by atoms with Gasteiger partial charge in [-0.3, -0.25) is 9.59 Å². The molecule has 0 unspecified atom stereocenters. The second-order valence-electron chi connectivity index (χ2n) is 3.49. The van der Waals surface area contributed by atoms with E-state index in [0.29, 0.717) is 17.1 Å². The van der Waals surface area contributed by atoms with E-state index in [-0.39, 0.29) is 18.8 Å². The zero-order chi connectivity index (χ0) is 14.8. The van der Waals surface area contributed by atoms with E-state index in [4.69, 9.17) is 14.2 Å². The Balaban J connectivity index is 4.93. The van der Waals surface area contributed by atoms with Crippen LogP contribution in [0.1, 0.15) is 20.3 Å². The molecule has 0 aromatic rings. The Kier molecular flexibility index (Phi) is 8.00. The topological polar surface area (TPSA) is 61.8 Å². The third kappa shape index (κ3) is 5.90. The van der Waals surface area contributed by atoms with E-state index in [1.54, 1.807) is 19.9 Å². The van der Waals surface area contributed by atoms with E-state index in [0.717, 1.165) is 0 Å². The number of Topliss-reactive ketones (excluding diaryl/α,β-unsaturated/α-hetero) is 1. The summed E-state index contributed by atoms with van der Waals surface area (Å²) >= 11 is 0. The Hall–Kier alpha value is -2.04. The quantitative estimate of drug-likeness (QED) is 0.222. The van der Waals surface area contributed by atoms with Gasteiger partial charge in [0.05, 0.1) is 20.8 Å². The molecule has 106 valence electrons. The highest BCUT2D eigenvalue weighted by atomic mass is 16.5. The molecular formula is C14H20O5. The highest BCUT2D eigenvalue weighted by molar-refractivity contribution is 6.07. The first kappa shape index (κ1) is 17.0. The van der Waals surface area contributed by atoms with Crippen LogP contribution in [0.15, 0.2) is 35.8 Å². The molecule has 0 aromatic carbocycles. The summed E-state index contributed by atoms with van der Waals surface area (Å²) in [5, 5.41) is 0. The molecule has 5 nitrogen and oxygen atoms in total. The number of ether oxygens (including phenoxy) is 3. The van der Waals surface area contributed by atoms with Crippen molar-refractivity contribution in [3.05, 3.63) is 35.8 Å². The standard InChI is InChI=1S/C14H20O5/c1-6-11(8-13(18-5)10(3)17-4)12(15)9-14(16)19-7-2/h6,8H,3,7,9H2,1-2,4-5H3/b11-6+,13-8+. The minimum Gasteiger partial charge on any atom is -0.493 e. The third-order valence-corrected chi connectivity index (χ3v) is 2.27. The van der Waals surface area contributed by atoms with Crippen LogP contribution < -0.4 is 0 Å². The number of rotatable bonds is 8. The SMILES string of the molecule is C=C(OC)/C(=C\C(=C/C)C(=O)CC(=O)OCC)OC. The summed E-state index contributed by atoms with van der Waals surface area (Å²) in [5.74, 6) is -0.275. The second kappa shape index (κ2) is 8.97. The maximum atomic E-state index is 11.9. The molecular weight excluding hydrogens is 248 g/mol. The van der Waals surface area contributed by atoms with Crippen LogP contribution in [-0.4, -0.2) is 32.6 Å². The van der Waals surface area contributed by atoms with Gasteiger partial charge < -0.3 is 14.2 Å². The minimum absolute atomic E-state index is 0.247. The molecule has 0 atom stereocenters. The molecule has 0 aliphatic carbocycles. The second-order valence-corrected chi connectivity index (χ2v) is 3.49. The van der Waals surface area contributed by atoms with Crippen LogP contribution >= 0.6 is 0 Å². The molecule has 0 aliphatic heterocycles. The summed E-state index contributed by atoms with van der Waals surface area (Å²) < 4.78 is 14.7. The molecule has 0 saturated carbocycles. The summed E-state index contributed by atoms with van der Waals surface area (Å²) in [6.45, 7) is 7.26. The lowest BCUT2D eigenvalue weighted by Crippen LogP contribution is -2.12. The molecule has 0 amide bonds. The van der Waals surface area contributed by atoms with Crippen LogP contribution in [-0.2, 0) is 23.8 Å². The number of hydrogen-bond acceptors (Lipinski definition) is 5. The van der Waals surface area contributed by atoms with Crippen molar-refractivity contribution in [3.8, 4) is 0 Å². The number of carbonyl (C=O) groups is 2. The number of ketones is 1. The molecule has 5 heteroatoms. The summed E-state index contributed by atoms with van der Waals surface area (Å²) in [6.07, 6.45) is 2.76. The van der Waals surface area contributed by atoms with Gasteiger partial charge in [-0.2, -0.15) is 0 Å². The summed E-state index contributed by atoms with van der Waals surface area (Å²) in [5.41, 5.74) is 0.336. The Morgan fingerprint density at radius 1 is 1.21 bits per heavy atom. The van der Waals surface area contributed by atoms with Gasteiger partial charge in [0.15, 0.2) is 17.3 Å². The zero-order valence-electron chi connectivity index (χ0n) is 11.8. The number of esters is 1. The molecule has 0 saturated heterocycles. The molecule has 0 fully saturated rings. The molecule has 0 rings (SSSR count). The first-order chi connectivity index (χ1) is 8.99. The molecule has 19 heavy (non-hydrogen) atoms. The zero-order valence-corrected chi connectivity index (χ0v) is 11.8. The van der Waals surface area contributed by atoms with Gasteiger partial charge in [0, 0.05) is 5.57 Å². The van der Waals surface area contributed by atoms with E-state index >= 15 is 0 Å². The van der Waals surface area contributed by atoms with Crippen LogP contribution in [0.25, 0.3) is 0 Å². The van der Waals surface area contributed by atoms with Gasteiger partial charge in [-0.1, -0.05) is 12.7 Å². The summed E-state index contributed by atoms with van der Waals surface area (Å²) in [6, 6.07) is 0. The average Bonchev–Trinajstić information content (AvgIpc) is 2.39. The molecule has 0 bridgehead atoms. The summed E-state index contributed by atoms with van der Waals surface area (Å²) in [4.78, 5) is 23.1. The fourth-order valence-electron chi connectivity index (χ4n) is 1.27. The van der Waals surface area contributed by atoms with E-state index in [2.05, 4.69) is 6.58 Å².